The molecule has 0 unspecified atom stereocenters. The molecule has 1 aliphatic rings. The minimum Gasteiger partial charge on any atom is -0.347 e. The van der Waals surface area contributed by atoms with Crippen molar-refractivity contribution in [3.05, 3.63) is 54.7 Å². The first kappa shape index (κ1) is 21.9. The second-order valence-electron chi connectivity index (χ2n) is 8.32. The van der Waals surface area contributed by atoms with E-state index >= 15 is 0 Å². The highest BCUT2D eigenvalue weighted by Gasteiger charge is 2.27. The van der Waals surface area contributed by atoms with Crippen molar-refractivity contribution >= 4 is 36.6 Å². The van der Waals surface area contributed by atoms with Crippen molar-refractivity contribution in [1.82, 2.24) is 8.87 Å². The van der Waals surface area contributed by atoms with Crippen LogP contribution < -0.4 is 4.72 Å². The first-order valence-corrected chi connectivity index (χ1v) is 13.3. The molecule has 1 saturated heterocycles. The molecule has 2 heterocycles. The predicted molar refractivity (Wildman–Crippen MR) is 122 cm³/mol. The molecule has 3 aromatic rings. The highest BCUT2D eigenvalue weighted by atomic mass is 32.2. The number of anilines is 1. The maximum absolute atomic E-state index is 12.8. The standard InChI is InChI=1S/C22H27N3O4S2/c1-17(2)16-24-14-11-18-15-19(5-10-22(18)24)23-30(26,27)20-6-8-21(9-7-20)31(28,29)25-12-3-4-13-25/h5-11,14-15,17,23H,3-4,12-13,16H2,1-2H3. The maximum atomic E-state index is 12.8. The number of nitrogens with one attached hydrogen (secondary N) is 1. The van der Waals surface area contributed by atoms with Crippen LogP contribution in [-0.4, -0.2) is 38.8 Å². The summed E-state index contributed by atoms with van der Waals surface area (Å²) in [5, 5.41) is 0.952. The quantitative estimate of drug-likeness (QED) is 0.578. The molecule has 1 aromatic heterocycles. The van der Waals surface area contributed by atoms with E-state index < -0.39 is 20.0 Å². The van der Waals surface area contributed by atoms with Gasteiger partial charge in [0.1, 0.15) is 0 Å². The maximum Gasteiger partial charge on any atom is 0.261 e. The molecule has 0 amide bonds. The minimum absolute atomic E-state index is 0.0188. The number of hydrogen-bond acceptors (Lipinski definition) is 4. The summed E-state index contributed by atoms with van der Waals surface area (Å²) >= 11 is 0. The summed E-state index contributed by atoms with van der Waals surface area (Å²) in [7, 11) is -7.42. The fraction of sp³-hybridized carbons (Fsp3) is 0.364. The van der Waals surface area contributed by atoms with Crippen molar-refractivity contribution in [2.45, 2.75) is 43.0 Å². The Kier molecular flexibility index (Phi) is 5.85. The lowest BCUT2D eigenvalue weighted by Crippen LogP contribution is -2.27. The van der Waals surface area contributed by atoms with E-state index in [1.165, 1.54) is 28.6 Å². The molecule has 31 heavy (non-hydrogen) atoms. The van der Waals surface area contributed by atoms with Crippen LogP contribution in [0.3, 0.4) is 0 Å². The highest BCUT2D eigenvalue weighted by molar-refractivity contribution is 7.92. The molecule has 0 saturated carbocycles. The molecule has 166 valence electrons. The van der Waals surface area contributed by atoms with Gasteiger partial charge in [-0.15, -0.1) is 0 Å². The first-order chi connectivity index (χ1) is 14.7. The number of nitrogens with zero attached hydrogens (tertiary/aromatic N) is 2. The van der Waals surface area contributed by atoms with Gasteiger partial charge in [0.2, 0.25) is 10.0 Å². The van der Waals surface area contributed by atoms with Gasteiger partial charge < -0.3 is 4.57 Å². The molecular formula is C22H27N3O4S2. The Hall–Kier alpha value is -2.36. The summed E-state index contributed by atoms with van der Waals surface area (Å²) in [6.45, 7) is 6.20. The molecule has 2 aromatic carbocycles. The summed E-state index contributed by atoms with van der Waals surface area (Å²) in [5.74, 6) is 0.506. The number of fused-ring (bicyclic) bond motifs is 1. The van der Waals surface area contributed by atoms with Crippen molar-refractivity contribution in [3.63, 3.8) is 0 Å². The van der Waals surface area contributed by atoms with Gasteiger partial charge in [0.15, 0.2) is 0 Å². The average Bonchev–Trinajstić information content (AvgIpc) is 3.38. The van der Waals surface area contributed by atoms with Gasteiger partial charge >= 0.3 is 0 Å². The molecule has 1 fully saturated rings. The van der Waals surface area contributed by atoms with E-state index in [0.717, 1.165) is 30.3 Å². The van der Waals surface area contributed by atoms with Crippen molar-refractivity contribution in [2.75, 3.05) is 17.8 Å². The summed E-state index contributed by atoms with van der Waals surface area (Å²) < 4.78 is 57.1. The topological polar surface area (TPSA) is 88.5 Å². The molecule has 4 rings (SSSR count). The van der Waals surface area contributed by atoms with Gasteiger partial charge in [-0.2, -0.15) is 4.31 Å². The van der Waals surface area contributed by atoms with Crippen LogP contribution in [0.1, 0.15) is 26.7 Å². The van der Waals surface area contributed by atoms with E-state index in [2.05, 4.69) is 23.1 Å². The molecule has 9 heteroatoms. The highest BCUT2D eigenvalue weighted by Crippen LogP contribution is 2.25. The Morgan fingerprint density at radius 3 is 2.19 bits per heavy atom. The van der Waals surface area contributed by atoms with E-state index in [1.54, 1.807) is 12.1 Å². The predicted octanol–water partition coefficient (Wildman–Crippen LogP) is 3.88. The lowest BCUT2D eigenvalue weighted by atomic mass is 10.2. The monoisotopic (exact) mass is 461 g/mol. The SMILES string of the molecule is CC(C)Cn1ccc2cc(NS(=O)(=O)c3ccc(S(=O)(=O)N4CCCC4)cc3)ccc21. The summed E-state index contributed by atoms with van der Waals surface area (Å²) in [6.07, 6.45) is 3.70. The van der Waals surface area contributed by atoms with Gasteiger partial charge in [-0.25, -0.2) is 16.8 Å². The number of hydrogen-bond donors (Lipinski definition) is 1. The lowest BCUT2D eigenvalue weighted by Gasteiger charge is -2.16. The third-order valence-electron chi connectivity index (χ3n) is 5.42. The number of sulfonamides is 2. The van der Waals surface area contributed by atoms with Crippen molar-refractivity contribution in [2.24, 2.45) is 5.92 Å². The normalized spacial score (nSPS) is 15.7. The molecule has 0 aliphatic carbocycles. The van der Waals surface area contributed by atoms with Gasteiger partial charge in [-0.3, -0.25) is 4.72 Å². The Morgan fingerprint density at radius 2 is 1.55 bits per heavy atom. The Labute approximate surface area is 183 Å². The number of aromatic nitrogens is 1. The van der Waals surface area contributed by atoms with Crippen LogP contribution in [-0.2, 0) is 26.6 Å². The van der Waals surface area contributed by atoms with Crippen molar-refractivity contribution in [1.29, 1.82) is 0 Å². The summed E-state index contributed by atoms with van der Waals surface area (Å²) in [5.41, 5.74) is 1.51. The van der Waals surface area contributed by atoms with Crippen LogP contribution in [0, 0.1) is 5.92 Å². The van der Waals surface area contributed by atoms with E-state index in [1.807, 2.05) is 18.3 Å². The average molecular weight is 462 g/mol. The van der Waals surface area contributed by atoms with E-state index in [-0.39, 0.29) is 9.79 Å². The van der Waals surface area contributed by atoms with Crippen LogP contribution in [0.4, 0.5) is 5.69 Å². The Morgan fingerprint density at radius 1 is 0.903 bits per heavy atom. The molecule has 0 spiro atoms. The second kappa shape index (κ2) is 8.29. The van der Waals surface area contributed by atoms with Gasteiger partial charge in [0.25, 0.3) is 10.0 Å². The van der Waals surface area contributed by atoms with Crippen molar-refractivity contribution in [3.8, 4) is 0 Å². The third-order valence-corrected chi connectivity index (χ3v) is 8.73. The Balaban J connectivity index is 1.55. The smallest absolute Gasteiger partial charge is 0.261 e. The molecular weight excluding hydrogens is 434 g/mol. The number of rotatable bonds is 7. The zero-order chi connectivity index (χ0) is 22.2. The fourth-order valence-electron chi connectivity index (χ4n) is 3.90. The van der Waals surface area contributed by atoms with Crippen LogP contribution in [0.5, 0.6) is 0 Å². The largest absolute Gasteiger partial charge is 0.347 e. The molecule has 0 radical (unpaired) electrons. The fourth-order valence-corrected chi connectivity index (χ4v) is 6.47. The lowest BCUT2D eigenvalue weighted by molar-refractivity contribution is 0.477. The zero-order valence-corrected chi connectivity index (χ0v) is 19.3. The second-order valence-corrected chi connectivity index (χ2v) is 11.9. The molecule has 1 N–H and O–H groups in total. The summed E-state index contributed by atoms with van der Waals surface area (Å²) in [6, 6.07) is 12.8. The van der Waals surface area contributed by atoms with Gasteiger partial charge in [-0.1, -0.05) is 13.8 Å². The van der Waals surface area contributed by atoms with Crippen LogP contribution in [0.15, 0.2) is 64.5 Å². The van der Waals surface area contributed by atoms with Gasteiger partial charge in [0, 0.05) is 42.4 Å². The van der Waals surface area contributed by atoms with Crippen LogP contribution in [0.25, 0.3) is 10.9 Å². The van der Waals surface area contributed by atoms with E-state index in [9.17, 15) is 16.8 Å². The summed E-state index contributed by atoms with van der Waals surface area (Å²) in [4.78, 5) is 0.131. The number of benzene rings is 2. The van der Waals surface area contributed by atoms with Gasteiger partial charge in [-0.05, 0) is 67.3 Å². The molecule has 0 bridgehead atoms. The van der Waals surface area contributed by atoms with Gasteiger partial charge in [0.05, 0.1) is 9.79 Å². The Bertz CT molecular complexity index is 1290. The zero-order valence-electron chi connectivity index (χ0n) is 17.7. The molecule has 0 atom stereocenters. The van der Waals surface area contributed by atoms with Crippen LogP contribution >= 0.6 is 0 Å². The van der Waals surface area contributed by atoms with Crippen LogP contribution in [0.2, 0.25) is 0 Å². The molecule has 7 nitrogen and oxygen atoms in total. The van der Waals surface area contributed by atoms with Crippen molar-refractivity contribution < 1.29 is 16.8 Å². The molecule has 1 aliphatic heterocycles. The van der Waals surface area contributed by atoms with E-state index in [0.29, 0.717) is 24.7 Å². The third kappa shape index (κ3) is 4.49. The van der Waals surface area contributed by atoms with E-state index in [4.69, 9.17) is 0 Å². The first-order valence-electron chi connectivity index (χ1n) is 10.4. The minimum atomic E-state index is -3.84.